The highest BCUT2D eigenvalue weighted by molar-refractivity contribution is 5.98. The van der Waals surface area contributed by atoms with Gasteiger partial charge < -0.3 is 11.1 Å². The van der Waals surface area contributed by atoms with Crippen LogP contribution >= 0.6 is 0 Å². The quantitative estimate of drug-likeness (QED) is 0.711. The molecule has 4 rings (SSSR count). The summed E-state index contributed by atoms with van der Waals surface area (Å²) in [5.74, 6) is -1.33. The number of nitrogens with two attached hydrogens (primary N) is 1. The molecule has 29 heavy (non-hydrogen) atoms. The normalized spacial score (nSPS) is 13.1. The lowest BCUT2D eigenvalue weighted by Crippen LogP contribution is -2.47. The smallest absolute Gasteiger partial charge is 0.240 e. The molecule has 0 saturated carbocycles. The summed E-state index contributed by atoms with van der Waals surface area (Å²) in [6.45, 7) is 0. The Kier molecular flexibility index (Phi) is 4.84. The number of benzene rings is 3. The molecule has 0 aliphatic heterocycles. The Bertz CT molecular complexity index is 1080. The molecule has 0 aromatic heterocycles. The number of hydrogen-bond acceptors (Lipinski definition) is 3. The third-order valence-corrected chi connectivity index (χ3v) is 5.28. The van der Waals surface area contributed by atoms with Gasteiger partial charge in [0.15, 0.2) is 0 Å². The Balaban J connectivity index is 1.60. The number of rotatable bonds is 5. The lowest BCUT2D eigenvalue weighted by Gasteiger charge is -2.20. The van der Waals surface area contributed by atoms with Gasteiger partial charge in [0, 0.05) is 6.42 Å². The van der Waals surface area contributed by atoms with Gasteiger partial charge in [-0.2, -0.15) is 5.26 Å². The maximum atomic E-state index is 13.2. The van der Waals surface area contributed by atoms with Crippen molar-refractivity contribution in [2.75, 3.05) is 0 Å². The van der Waals surface area contributed by atoms with Crippen molar-refractivity contribution in [3.63, 3.8) is 0 Å². The SMILES string of the molecule is N#Cc1ccc(C[C@@H](NC(=O)C2c3ccccc3-c3ccccc32)C(N)=O)cc1. The van der Waals surface area contributed by atoms with Crippen LogP contribution in [-0.4, -0.2) is 17.9 Å². The number of nitrogens with zero attached hydrogens (tertiary/aromatic N) is 1. The van der Waals surface area contributed by atoms with Gasteiger partial charge in [0.25, 0.3) is 0 Å². The van der Waals surface area contributed by atoms with E-state index < -0.39 is 17.9 Å². The second kappa shape index (κ2) is 7.61. The molecule has 3 N–H and O–H groups in total. The number of fused-ring (bicyclic) bond motifs is 3. The Morgan fingerprint density at radius 3 is 2.00 bits per heavy atom. The predicted octanol–water partition coefficient (Wildman–Crippen LogP) is 2.88. The highest BCUT2D eigenvalue weighted by atomic mass is 16.2. The van der Waals surface area contributed by atoms with E-state index in [1.165, 1.54) is 0 Å². The molecule has 0 radical (unpaired) electrons. The van der Waals surface area contributed by atoms with Crippen molar-refractivity contribution >= 4 is 11.8 Å². The molecule has 3 aromatic carbocycles. The first-order chi connectivity index (χ1) is 14.1. The Morgan fingerprint density at radius 1 is 0.931 bits per heavy atom. The standard InChI is InChI=1S/C24H19N3O2/c25-14-16-11-9-15(10-12-16)13-21(23(26)28)27-24(29)22-19-7-3-1-5-17(19)18-6-2-4-8-20(18)22/h1-12,21-22H,13H2,(H2,26,28)(H,27,29)/t21-/m1/s1. The molecule has 142 valence electrons. The number of carbonyl (C=O) groups excluding carboxylic acids is 2. The van der Waals surface area contributed by atoms with Gasteiger partial charge in [0.05, 0.1) is 17.6 Å². The van der Waals surface area contributed by atoms with Gasteiger partial charge in [-0.25, -0.2) is 0 Å². The van der Waals surface area contributed by atoms with E-state index in [-0.39, 0.29) is 12.3 Å². The molecule has 3 aromatic rings. The largest absolute Gasteiger partial charge is 0.368 e. The lowest BCUT2D eigenvalue weighted by atomic mass is 9.95. The lowest BCUT2D eigenvalue weighted by molar-refractivity contribution is -0.127. The predicted molar refractivity (Wildman–Crippen MR) is 110 cm³/mol. The average Bonchev–Trinajstić information content (AvgIpc) is 3.08. The fraction of sp³-hybridized carbons (Fsp3) is 0.125. The van der Waals surface area contributed by atoms with Crippen molar-refractivity contribution in [1.82, 2.24) is 5.32 Å². The van der Waals surface area contributed by atoms with E-state index in [2.05, 4.69) is 11.4 Å². The van der Waals surface area contributed by atoms with Gasteiger partial charge in [-0.15, -0.1) is 0 Å². The molecule has 5 heteroatoms. The van der Waals surface area contributed by atoms with Gasteiger partial charge in [0.2, 0.25) is 11.8 Å². The molecular formula is C24H19N3O2. The summed E-state index contributed by atoms with van der Waals surface area (Å²) in [6, 6.07) is 23.7. The highest BCUT2D eigenvalue weighted by Crippen LogP contribution is 2.44. The first-order valence-corrected chi connectivity index (χ1v) is 9.35. The number of nitrogens with one attached hydrogen (secondary N) is 1. The molecule has 0 unspecified atom stereocenters. The first kappa shape index (κ1) is 18.5. The fourth-order valence-corrected chi connectivity index (χ4v) is 3.87. The van der Waals surface area contributed by atoms with Crippen LogP contribution in [0.2, 0.25) is 0 Å². The fourth-order valence-electron chi connectivity index (χ4n) is 3.87. The van der Waals surface area contributed by atoms with Gasteiger partial charge in [-0.3, -0.25) is 9.59 Å². The molecule has 0 heterocycles. The van der Waals surface area contributed by atoms with Crippen molar-refractivity contribution in [2.45, 2.75) is 18.4 Å². The highest BCUT2D eigenvalue weighted by Gasteiger charge is 2.34. The van der Waals surface area contributed by atoms with Crippen LogP contribution in [0.15, 0.2) is 72.8 Å². The van der Waals surface area contributed by atoms with Gasteiger partial charge in [-0.05, 0) is 39.9 Å². The summed E-state index contributed by atoms with van der Waals surface area (Å²) in [7, 11) is 0. The van der Waals surface area contributed by atoms with Crippen molar-refractivity contribution < 1.29 is 9.59 Å². The molecule has 0 spiro atoms. The van der Waals surface area contributed by atoms with Crippen LogP contribution in [-0.2, 0) is 16.0 Å². The van der Waals surface area contributed by atoms with Crippen LogP contribution in [0.4, 0.5) is 0 Å². The van der Waals surface area contributed by atoms with Gasteiger partial charge in [0.1, 0.15) is 6.04 Å². The molecule has 5 nitrogen and oxygen atoms in total. The number of nitriles is 1. The van der Waals surface area contributed by atoms with Gasteiger partial charge in [-0.1, -0.05) is 60.7 Å². The molecule has 2 amide bonds. The molecule has 0 saturated heterocycles. The summed E-state index contributed by atoms with van der Waals surface area (Å²) < 4.78 is 0. The minimum Gasteiger partial charge on any atom is -0.368 e. The number of primary amides is 1. The second-order valence-corrected chi connectivity index (χ2v) is 7.08. The van der Waals surface area contributed by atoms with Crippen molar-refractivity contribution in [3.8, 4) is 17.2 Å². The molecular weight excluding hydrogens is 362 g/mol. The first-order valence-electron chi connectivity index (χ1n) is 9.35. The molecule has 1 aliphatic carbocycles. The van der Waals surface area contributed by atoms with Crippen LogP contribution in [0.1, 0.15) is 28.2 Å². The molecule has 1 atom stereocenters. The van der Waals surface area contributed by atoms with E-state index in [1.807, 2.05) is 48.5 Å². The summed E-state index contributed by atoms with van der Waals surface area (Å²) in [5, 5.41) is 11.8. The van der Waals surface area contributed by atoms with Crippen LogP contribution in [0, 0.1) is 11.3 Å². The summed E-state index contributed by atoms with van der Waals surface area (Å²) in [4.78, 5) is 25.2. The Hall–Kier alpha value is -3.91. The van der Waals surface area contributed by atoms with Crippen LogP contribution < -0.4 is 11.1 Å². The van der Waals surface area contributed by atoms with E-state index >= 15 is 0 Å². The Labute approximate surface area is 168 Å². The number of hydrogen-bond donors (Lipinski definition) is 2. The van der Waals surface area contributed by atoms with Crippen LogP contribution in [0.5, 0.6) is 0 Å². The van der Waals surface area contributed by atoms with Gasteiger partial charge >= 0.3 is 0 Å². The van der Waals surface area contributed by atoms with Crippen LogP contribution in [0.3, 0.4) is 0 Å². The minimum atomic E-state index is -0.838. The minimum absolute atomic E-state index is 0.250. The topological polar surface area (TPSA) is 96.0 Å². The van der Waals surface area contributed by atoms with E-state index in [4.69, 9.17) is 11.0 Å². The maximum absolute atomic E-state index is 13.2. The van der Waals surface area contributed by atoms with Crippen molar-refractivity contribution in [2.24, 2.45) is 5.73 Å². The Morgan fingerprint density at radius 2 is 1.48 bits per heavy atom. The third kappa shape index (κ3) is 3.48. The zero-order valence-corrected chi connectivity index (χ0v) is 15.6. The zero-order valence-electron chi connectivity index (χ0n) is 15.6. The second-order valence-electron chi connectivity index (χ2n) is 7.08. The molecule has 0 bridgehead atoms. The van der Waals surface area contributed by atoms with E-state index in [0.29, 0.717) is 5.56 Å². The monoisotopic (exact) mass is 381 g/mol. The van der Waals surface area contributed by atoms with E-state index in [1.54, 1.807) is 24.3 Å². The number of amides is 2. The zero-order chi connectivity index (χ0) is 20.4. The van der Waals surface area contributed by atoms with Crippen molar-refractivity contribution in [1.29, 1.82) is 5.26 Å². The average molecular weight is 381 g/mol. The molecule has 0 fully saturated rings. The van der Waals surface area contributed by atoms with E-state index in [0.717, 1.165) is 27.8 Å². The third-order valence-electron chi connectivity index (χ3n) is 5.28. The summed E-state index contributed by atoms with van der Waals surface area (Å²) >= 11 is 0. The van der Waals surface area contributed by atoms with Crippen LogP contribution in [0.25, 0.3) is 11.1 Å². The van der Waals surface area contributed by atoms with Crippen molar-refractivity contribution in [3.05, 3.63) is 95.1 Å². The maximum Gasteiger partial charge on any atom is 0.240 e. The molecule has 1 aliphatic rings. The van der Waals surface area contributed by atoms with E-state index in [9.17, 15) is 9.59 Å². The number of carbonyl (C=O) groups is 2. The summed E-state index contributed by atoms with van der Waals surface area (Å²) in [6.07, 6.45) is 0.267. The summed E-state index contributed by atoms with van der Waals surface area (Å²) in [5.41, 5.74) is 10.8.